The second kappa shape index (κ2) is 5.60. The maximum absolute atomic E-state index is 11.1. The quantitative estimate of drug-likeness (QED) is 0.412. The molecule has 1 N–H and O–H groups in total. The van der Waals surface area contributed by atoms with Crippen LogP contribution >= 0.6 is 0 Å². The summed E-state index contributed by atoms with van der Waals surface area (Å²) in [7, 11) is 0. The average molecular weight is 196 g/mol. The van der Waals surface area contributed by atoms with Gasteiger partial charge in [-0.15, -0.1) is 0 Å². The lowest BCUT2D eigenvalue weighted by Gasteiger charge is -1.97. The molecule has 78 valence electrons. The number of hydrogen-bond acceptors (Lipinski definition) is 3. The van der Waals surface area contributed by atoms with Gasteiger partial charge in [-0.1, -0.05) is 12.2 Å². The van der Waals surface area contributed by atoms with Gasteiger partial charge in [0.15, 0.2) is 0 Å². The van der Waals surface area contributed by atoms with Crippen molar-refractivity contribution in [3.8, 4) is 0 Å². The summed E-state index contributed by atoms with van der Waals surface area (Å²) in [5.74, 6) is -0.204. The molecule has 3 nitrogen and oxygen atoms in total. The minimum absolute atomic E-state index is 0.0802. The van der Waals surface area contributed by atoms with Crippen LogP contribution in [-0.4, -0.2) is 23.8 Å². The van der Waals surface area contributed by atoms with Gasteiger partial charge < -0.3 is 9.84 Å². The van der Waals surface area contributed by atoms with Crippen LogP contribution in [0.2, 0.25) is 0 Å². The molecule has 0 radical (unpaired) electrons. The number of esters is 1. The number of ether oxygens (including phenoxy) is 1. The molecule has 1 heterocycles. The first-order valence-electron chi connectivity index (χ1n) is 4.91. The van der Waals surface area contributed by atoms with Crippen molar-refractivity contribution in [3.63, 3.8) is 0 Å². The molecule has 0 aromatic heterocycles. The van der Waals surface area contributed by atoms with Crippen LogP contribution in [0.4, 0.5) is 0 Å². The van der Waals surface area contributed by atoms with Crippen LogP contribution < -0.4 is 0 Å². The van der Waals surface area contributed by atoms with E-state index >= 15 is 0 Å². The Morgan fingerprint density at radius 3 is 2.93 bits per heavy atom. The first kappa shape index (κ1) is 11.0. The number of aliphatic hydroxyl groups excluding tert-OH is 1. The largest absolute Gasteiger partial charge is 0.455 e. The van der Waals surface area contributed by atoms with Crippen molar-refractivity contribution >= 4 is 5.97 Å². The van der Waals surface area contributed by atoms with Crippen molar-refractivity contribution in [3.05, 3.63) is 23.8 Å². The summed E-state index contributed by atoms with van der Waals surface area (Å²) < 4.78 is 4.95. The Labute approximate surface area is 84.1 Å². The normalized spacial score (nSPS) is 21.4. The summed E-state index contributed by atoms with van der Waals surface area (Å²) >= 11 is 0. The van der Waals surface area contributed by atoms with Crippen molar-refractivity contribution in [2.45, 2.75) is 32.3 Å². The molecule has 0 fully saturated rings. The second-order valence-electron chi connectivity index (χ2n) is 3.34. The molecule has 0 aromatic rings. The minimum Gasteiger partial charge on any atom is -0.455 e. The number of carbonyl (C=O) groups excluding carboxylic acids is 1. The van der Waals surface area contributed by atoms with Gasteiger partial charge in [0, 0.05) is 12.2 Å². The Bertz CT molecular complexity index is 253. The minimum atomic E-state index is -0.204. The highest BCUT2D eigenvalue weighted by molar-refractivity contribution is 5.91. The van der Waals surface area contributed by atoms with E-state index < -0.39 is 0 Å². The molecule has 0 spiro atoms. The van der Waals surface area contributed by atoms with Crippen LogP contribution in [0.5, 0.6) is 0 Å². The number of allylic oxidation sites excluding steroid dienone is 2. The van der Waals surface area contributed by atoms with Gasteiger partial charge in [-0.3, -0.25) is 0 Å². The van der Waals surface area contributed by atoms with Gasteiger partial charge in [-0.25, -0.2) is 4.79 Å². The Balaban J connectivity index is 2.27. The van der Waals surface area contributed by atoms with Gasteiger partial charge in [-0.05, 0) is 32.3 Å². The lowest BCUT2D eigenvalue weighted by molar-refractivity contribution is -0.139. The predicted molar refractivity (Wildman–Crippen MR) is 53.7 cm³/mol. The summed E-state index contributed by atoms with van der Waals surface area (Å²) in [4.78, 5) is 11.1. The smallest absolute Gasteiger partial charge is 0.334 e. The van der Waals surface area contributed by atoms with Crippen LogP contribution in [0.15, 0.2) is 23.8 Å². The predicted octanol–water partition coefficient (Wildman–Crippen LogP) is 1.58. The van der Waals surface area contributed by atoms with Crippen LogP contribution in [0.1, 0.15) is 26.2 Å². The number of aliphatic hydroxyl groups is 1. The summed E-state index contributed by atoms with van der Waals surface area (Å²) in [6.45, 7) is 2.06. The molecule has 1 rings (SSSR count). The van der Waals surface area contributed by atoms with E-state index in [4.69, 9.17) is 9.84 Å². The number of unbranched alkanes of at least 4 members (excludes halogenated alkanes) is 1. The Morgan fingerprint density at radius 1 is 1.57 bits per heavy atom. The Kier molecular flexibility index (Phi) is 4.40. The highest BCUT2D eigenvalue weighted by Crippen LogP contribution is 2.16. The zero-order valence-electron chi connectivity index (χ0n) is 8.40. The highest BCUT2D eigenvalue weighted by atomic mass is 16.5. The molecule has 0 saturated carbocycles. The van der Waals surface area contributed by atoms with Gasteiger partial charge in [0.05, 0.1) is 0 Å². The standard InChI is InChI=1S/C11H16O3/c1-9-8-10(11(13)14-9)6-4-2-3-5-7-12/h2,4,8-9,12H,3,5-7H2,1H3/b4-2+. The number of rotatable bonds is 5. The number of carbonyl (C=O) groups is 1. The average Bonchev–Trinajstić information content (AvgIpc) is 2.45. The van der Waals surface area contributed by atoms with Crippen LogP contribution in [-0.2, 0) is 9.53 Å². The molecule has 1 unspecified atom stereocenters. The third-order valence-corrected chi connectivity index (χ3v) is 2.02. The number of hydrogen-bond donors (Lipinski definition) is 1. The molecule has 1 aliphatic heterocycles. The monoisotopic (exact) mass is 196 g/mol. The topological polar surface area (TPSA) is 46.5 Å². The summed E-state index contributed by atoms with van der Waals surface area (Å²) in [5, 5.41) is 8.53. The van der Waals surface area contributed by atoms with E-state index in [-0.39, 0.29) is 18.7 Å². The summed E-state index contributed by atoms with van der Waals surface area (Å²) in [6, 6.07) is 0. The SMILES string of the molecule is CC1C=C(C/C=C/CCCO)C(=O)O1. The first-order valence-corrected chi connectivity index (χ1v) is 4.91. The molecule has 1 atom stereocenters. The van der Waals surface area contributed by atoms with Gasteiger partial charge in [0.25, 0.3) is 0 Å². The molecule has 0 saturated heterocycles. The van der Waals surface area contributed by atoms with E-state index in [9.17, 15) is 4.79 Å². The van der Waals surface area contributed by atoms with E-state index in [1.165, 1.54) is 0 Å². The van der Waals surface area contributed by atoms with Gasteiger partial charge in [0.1, 0.15) is 6.10 Å². The van der Waals surface area contributed by atoms with Crippen molar-refractivity contribution in [2.24, 2.45) is 0 Å². The summed E-state index contributed by atoms with van der Waals surface area (Å²) in [5.41, 5.74) is 0.734. The van der Waals surface area contributed by atoms with Gasteiger partial charge in [-0.2, -0.15) is 0 Å². The number of cyclic esters (lactones) is 1. The molecule has 0 bridgehead atoms. The molecular formula is C11H16O3. The lowest BCUT2D eigenvalue weighted by Crippen LogP contribution is -2.03. The molecular weight excluding hydrogens is 180 g/mol. The highest BCUT2D eigenvalue weighted by Gasteiger charge is 2.20. The maximum atomic E-state index is 11.1. The van der Waals surface area contributed by atoms with E-state index in [1.54, 1.807) is 0 Å². The van der Waals surface area contributed by atoms with E-state index in [2.05, 4.69) is 0 Å². The zero-order valence-corrected chi connectivity index (χ0v) is 8.40. The van der Waals surface area contributed by atoms with E-state index in [1.807, 2.05) is 25.2 Å². The third-order valence-electron chi connectivity index (χ3n) is 2.02. The molecule has 14 heavy (non-hydrogen) atoms. The lowest BCUT2D eigenvalue weighted by atomic mass is 10.1. The van der Waals surface area contributed by atoms with Gasteiger partial charge >= 0.3 is 5.97 Å². The third kappa shape index (κ3) is 3.34. The maximum Gasteiger partial charge on any atom is 0.334 e. The van der Waals surface area contributed by atoms with Crippen LogP contribution in [0.25, 0.3) is 0 Å². The summed E-state index contributed by atoms with van der Waals surface area (Å²) in [6.07, 6.45) is 7.95. The fourth-order valence-corrected chi connectivity index (χ4v) is 1.32. The van der Waals surface area contributed by atoms with Crippen molar-refractivity contribution in [2.75, 3.05) is 6.61 Å². The molecule has 1 aliphatic rings. The fraction of sp³-hybridized carbons (Fsp3) is 0.545. The van der Waals surface area contributed by atoms with Crippen LogP contribution in [0.3, 0.4) is 0 Å². The molecule has 0 amide bonds. The second-order valence-corrected chi connectivity index (χ2v) is 3.34. The molecule has 0 aromatic carbocycles. The first-order chi connectivity index (χ1) is 6.74. The van der Waals surface area contributed by atoms with Crippen LogP contribution in [0, 0.1) is 0 Å². The van der Waals surface area contributed by atoms with Crippen molar-refractivity contribution in [1.82, 2.24) is 0 Å². The van der Waals surface area contributed by atoms with Gasteiger partial charge in [0.2, 0.25) is 0 Å². The Hall–Kier alpha value is -1.09. The van der Waals surface area contributed by atoms with Crippen molar-refractivity contribution in [1.29, 1.82) is 0 Å². The molecule has 3 heteroatoms. The van der Waals surface area contributed by atoms with E-state index in [0.29, 0.717) is 6.42 Å². The zero-order chi connectivity index (χ0) is 10.4. The molecule has 0 aliphatic carbocycles. The fourth-order valence-electron chi connectivity index (χ4n) is 1.32. The van der Waals surface area contributed by atoms with E-state index in [0.717, 1.165) is 18.4 Å². The Morgan fingerprint density at radius 2 is 2.36 bits per heavy atom. The van der Waals surface area contributed by atoms with Crippen molar-refractivity contribution < 1.29 is 14.6 Å².